The van der Waals surface area contributed by atoms with Crippen molar-refractivity contribution in [3.8, 4) is 11.1 Å². The van der Waals surface area contributed by atoms with Gasteiger partial charge in [0.15, 0.2) is 6.10 Å². The Balaban J connectivity index is 1.57. The maximum Gasteiger partial charge on any atom is 0.150 e. The molecule has 0 fully saturated rings. The van der Waals surface area contributed by atoms with Crippen LogP contribution in [0.4, 0.5) is 4.39 Å². The number of hydrogen-bond donors (Lipinski definition) is 0. The molecule has 5 aromatic rings. The smallest absolute Gasteiger partial charge is 0.150 e. The Morgan fingerprint density at radius 1 is 1.00 bits per heavy atom. The maximum atomic E-state index is 14.0. The molecule has 0 amide bonds. The second-order valence-electron chi connectivity index (χ2n) is 7.15. The van der Waals surface area contributed by atoms with E-state index in [1.165, 1.54) is 12.1 Å². The highest BCUT2D eigenvalue weighted by Crippen LogP contribution is 2.34. The molecule has 0 saturated carbocycles. The van der Waals surface area contributed by atoms with E-state index in [9.17, 15) is 4.39 Å². The third kappa shape index (κ3) is 3.50. The highest BCUT2D eigenvalue weighted by atomic mass is 35.5. The fourth-order valence-electron chi connectivity index (χ4n) is 3.72. The predicted octanol–water partition coefficient (Wildman–Crippen LogP) is 6.89. The Labute approximate surface area is 187 Å². The van der Waals surface area contributed by atoms with Crippen molar-refractivity contribution < 1.29 is 9.23 Å². The number of hydrogen-bond acceptors (Lipinski definition) is 3. The summed E-state index contributed by atoms with van der Waals surface area (Å²) >= 11 is 12.4. The van der Waals surface area contributed by atoms with Crippen LogP contribution in [0.25, 0.3) is 33.1 Å². The molecular formula is C24H16Cl2FN3O. The number of benzene rings is 2. The molecule has 2 aromatic carbocycles. The van der Waals surface area contributed by atoms with Crippen LogP contribution in [-0.4, -0.2) is 14.7 Å². The molecule has 154 valence electrons. The SMILES string of the molecule is CC(On1ccc2ncc(-c3cccc4ncccc34)cc21)c1c(Cl)ccc(F)c1Cl. The van der Waals surface area contributed by atoms with E-state index in [4.69, 9.17) is 28.0 Å². The molecule has 0 N–H and O–H groups in total. The van der Waals surface area contributed by atoms with Crippen molar-refractivity contribution in [1.29, 1.82) is 0 Å². The van der Waals surface area contributed by atoms with Crippen LogP contribution in [-0.2, 0) is 0 Å². The largest absolute Gasteiger partial charge is 0.406 e. The van der Waals surface area contributed by atoms with Gasteiger partial charge >= 0.3 is 0 Å². The first-order chi connectivity index (χ1) is 15.0. The number of aromatic nitrogens is 3. The molecule has 3 aromatic heterocycles. The average Bonchev–Trinajstić information content (AvgIpc) is 3.18. The summed E-state index contributed by atoms with van der Waals surface area (Å²) in [6.45, 7) is 1.77. The van der Waals surface area contributed by atoms with Crippen molar-refractivity contribution in [1.82, 2.24) is 14.7 Å². The lowest BCUT2D eigenvalue weighted by Gasteiger charge is -2.19. The topological polar surface area (TPSA) is 39.9 Å². The van der Waals surface area contributed by atoms with Crippen LogP contribution in [0.1, 0.15) is 18.6 Å². The second-order valence-corrected chi connectivity index (χ2v) is 7.94. The van der Waals surface area contributed by atoms with E-state index >= 15 is 0 Å². The summed E-state index contributed by atoms with van der Waals surface area (Å²) in [5.74, 6) is -0.539. The van der Waals surface area contributed by atoms with Gasteiger partial charge in [0, 0.05) is 40.1 Å². The number of pyridine rings is 2. The van der Waals surface area contributed by atoms with Crippen molar-refractivity contribution in [2.24, 2.45) is 0 Å². The fourth-order valence-corrected chi connectivity index (χ4v) is 4.40. The molecule has 1 unspecified atom stereocenters. The molecule has 4 nitrogen and oxygen atoms in total. The van der Waals surface area contributed by atoms with Crippen molar-refractivity contribution in [2.75, 3.05) is 0 Å². The number of halogens is 3. The van der Waals surface area contributed by atoms with Gasteiger partial charge in [-0.05, 0) is 48.9 Å². The third-order valence-corrected chi connectivity index (χ3v) is 5.93. The lowest BCUT2D eigenvalue weighted by molar-refractivity contribution is 0.0562. The monoisotopic (exact) mass is 451 g/mol. The van der Waals surface area contributed by atoms with Crippen molar-refractivity contribution in [3.05, 3.63) is 94.6 Å². The number of fused-ring (bicyclic) bond motifs is 2. The Bertz CT molecular complexity index is 1430. The summed E-state index contributed by atoms with van der Waals surface area (Å²) in [4.78, 5) is 15.1. The van der Waals surface area contributed by atoms with Gasteiger partial charge in [-0.15, -0.1) is 0 Å². The van der Waals surface area contributed by atoms with Gasteiger partial charge in [-0.3, -0.25) is 9.97 Å². The van der Waals surface area contributed by atoms with E-state index in [1.807, 2.05) is 48.7 Å². The zero-order valence-corrected chi connectivity index (χ0v) is 17.9. The molecule has 0 saturated heterocycles. The standard InChI is InChI=1S/C24H16Cl2FN3O/c1-14(23-18(25)7-8-19(27)24(23)26)31-30-11-9-21-22(30)12-15(13-29-21)16-4-2-6-20-17(16)5-3-10-28-20/h2-14H,1H3. The minimum Gasteiger partial charge on any atom is -0.406 e. The van der Waals surface area contributed by atoms with E-state index in [1.54, 1.807) is 24.0 Å². The van der Waals surface area contributed by atoms with Gasteiger partial charge < -0.3 is 4.84 Å². The summed E-state index contributed by atoms with van der Waals surface area (Å²) in [6.07, 6.45) is 4.79. The Morgan fingerprint density at radius 2 is 1.87 bits per heavy atom. The normalized spacial score (nSPS) is 12.4. The van der Waals surface area contributed by atoms with Crippen LogP contribution in [0.15, 0.2) is 73.2 Å². The van der Waals surface area contributed by atoms with Crippen LogP contribution < -0.4 is 4.84 Å². The number of nitrogens with zero attached hydrogens (tertiary/aromatic N) is 3. The van der Waals surface area contributed by atoms with Gasteiger partial charge in [-0.25, -0.2) is 4.39 Å². The highest BCUT2D eigenvalue weighted by molar-refractivity contribution is 6.36. The molecule has 0 bridgehead atoms. The first-order valence-corrected chi connectivity index (χ1v) is 10.4. The fraction of sp³-hybridized carbons (Fsp3) is 0.0833. The third-order valence-electron chi connectivity index (χ3n) is 5.22. The quantitative estimate of drug-likeness (QED) is 0.279. The molecule has 0 aliphatic carbocycles. The maximum absolute atomic E-state index is 14.0. The molecule has 7 heteroatoms. The first kappa shape index (κ1) is 19.8. The van der Waals surface area contributed by atoms with Crippen LogP contribution in [0.5, 0.6) is 0 Å². The van der Waals surface area contributed by atoms with Crippen LogP contribution in [0.2, 0.25) is 10.0 Å². The summed E-state index contributed by atoms with van der Waals surface area (Å²) in [6, 6.07) is 16.5. The molecular weight excluding hydrogens is 436 g/mol. The van der Waals surface area contributed by atoms with E-state index < -0.39 is 11.9 Å². The van der Waals surface area contributed by atoms with Crippen LogP contribution >= 0.6 is 23.2 Å². The van der Waals surface area contributed by atoms with Gasteiger partial charge in [-0.1, -0.05) is 41.4 Å². The minimum atomic E-state index is -0.586. The molecule has 0 spiro atoms. The summed E-state index contributed by atoms with van der Waals surface area (Å²) in [5, 5.41) is 1.34. The van der Waals surface area contributed by atoms with Crippen molar-refractivity contribution in [3.63, 3.8) is 0 Å². The Morgan fingerprint density at radius 3 is 2.74 bits per heavy atom. The minimum absolute atomic E-state index is 0.0430. The van der Waals surface area contributed by atoms with Gasteiger partial charge in [0.2, 0.25) is 0 Å². The Kier molecular flexibility index (Phi) is 5.00. The number of rotatable bonds is 4. The Hall–Kier alpha value is -3.15. The molecule has 5 rings (SSSR count). The molecule has 0 aliphatic heterocycles. The molecule has 0 radical (unpaired) electrons. The molecule has 31 heavy (non-hydrogen) atoms. The van der Waals surface area contributed by atoms with Crippen LogP contribution in [0.3, 0.4) is 0 Å². The van der Waals surface area contributed by atoms with E-state index in [2.05, 4.69) is 9.97 Å². The van der Waals surface area contributed by atoms with E-state index in [-0.39, 0.29) is 5.02 Å². The summed E-state index contributed by atoms with van der Waals surface area (Å²) in [5.41, 5.74) is 4.81. The highest BCUT2D eigenvalue weighted by Gasteiger charge is 2.20. The van der Waals surface area contributed by atoms with Crippen molar-refractivity contribution >= 4 is 45.1 Å². The molecule has 0 aliphatic rings. The van der Waals surface area contributed by atoms with Gasteiger partial charge in [0.05, 0.1) is 16.1 Å². The van der Waals surface area contributed by atoms with Crippen LogP contribution in [0, 0.1) is 5.82 Å². The average molecular weight is 452 g/mol. The van der Waals surface area contributed by atoms with E-state index in [0.29, 0.717) is 10.6 Å². The summed E-state index contributed by atoms with van der Waals surface area (Å²) < 4.78 is 15.6. The first-order valence-electron chi connectivity index (χ1n) is 9.64. The van der Waals surface area contributed by atoms with Gasteiger partial charge in [0.25, 0.3) is 0 Å². The zero-order valence-electron chi connectivity index (χ0n) is 16.4. The summed E-state index contributed by atoms with van der Waals surface area (Å²) in [7, 11) is 0. The molecule has 1 atom stereocenters. The lowest BCUT2D eigenvalue weighted by atomic mass is 10.0. The van der Waals surface area contributed by atoms with Gasteiger partial charge in [-0.2, -0.15) is 4.73 Å². The van der Waals surface area contributed by atoms with E-state index in [0.717, 1.165) is 33.1 Å². The second kappa shape index (κ2) is 7.84. The zero-order chi connectivity index (χ0) is 21.5. The predicted molar refractivity (Wildman–Crippen MR) is 122 cm³/mol. The lowest BCUT2D eigenvalue weighted by Crippen LogP contribution is -2.16. The van der Waals surface area contributed by atoms with Crippen molar-refractivity contribution in [2.45, 2.75) is 13.0 Å². The molecule has 3 heterocycles. The van der Waals surface area contributed by atoms with Gasteiger partial charge in [0.1, 0.15) is 11.3 Å².